The van der Waals surface area contributed by atoms with Crippen LogP contribution in [0.1, 0.15) is 19.7 Å². The van der Waals surface area contributed by atoms with Crippen molar-refractivity contribution in [2.24, 2.45) is 0 Å². The molecule has 0 bridgehead atoms. The van der Waals surface area contributed by atoms with Gasteiger partial charge in [-0.15, -0.1) is 0 Å². The minimum atomic E-state index is 0.223. The molecule has 16 heavy (non-hydrogen) atoms. The molecule has 2 aromatic rings. The van der Waals surface area contributed by atoms with Crippen LogP contribution in [-0.4, -0.2) is 20.1 Å². The van der Waals surface area contributed by atoms with E-state index in [1.807, 2.05) is 13.8 Å². The Morgan fingerprint density at radius 1 is 1.12 bits per heavy atom. The second-order valence-corrected chi connectivity index (χ2v) is 2.67. The number of hydrogen-bond donors (Lipinski definition) is 2. The van der Waals surface area contributed by atoms with E-state index in [-0.39, 0.29) is 17.5 Å². The van der Waals surface area contributed by atoms with Crippen LogP contribution in [0, 0.1) is 6.92 Å². The third-order valence-electron chi connectivity index (χ3n) is 1.65. The number of nitrogen functional groups attached to an aromatic ring is 2. The van der Waals surface area contributed by atoms with Crippen molar-refractivity contribution in [3.05, 3.63) is 12.2 Å². The van der Waals surface area contributed by atoms with Crippen LogP contribution in [-0.2, 0) is 0 Å². The average molecular weight is 222 g/mol. The molecule has 0 aliphatic heterocycles. The standard InChI is InChI=1S/C7H8N6O.C2H6/c1-3-12-7(14-13-3)4-5(8)10-2-11-6(4)9;1-2/h2H,1H3,(H4,8,9,10,11);1-2H3. The molecule has 0 saturated heterocycles. The fraction of sp³-hybridized carbons (Fsp3) is 0.333. The number of nitrogens with zero attached hydrogens (tertiary/aromatic N) is 4. The van der Waals surface area contributed by atoms with Gasteiger partial charge in [-0.25, -0.2) is 9.97 Å². The first-order chi connectivity index (χ1) is 7.68. The summed E-state index contributed by atoms with van der Waals surface area (Å²) in [5, 5.41) is 3.62. The van der Waals surface area contributed by atoms with Crippen LogP contribution in [0.5, 0.6) is 0 Å². The van der Waals surface area contributed by atoms with E-state index < -0.39 is 0 Å². The molecule has 0 fully saturated rings. The first-order valence-corrected chi connectivity index (χ1v) is 4.85. The fourth-order valence-corrected chi connectivity index (χ4v) is 1.03. The molecule has 0 aliphatic rings. The summed E-state index contributed by atoms with van der Waals surface area (Å²) in [5.74, 6) is 1.18. The summed E-state index contributed by atoms with van der Waals surface area (Å²) >= 11 is 0. The summed E-state index contributed by atoms with van der Waals surface area (Å²) in [5.41, 5.74) is 11.6. The molecule has 7 heteroatoms. The number of nitrogens with two attached hydrogens (primary N) is 2. The lowest BCUT2D eigenvalue weighted by molar-refractivity contribution is 0.425. The second kappa shape index (κ2) is 5.06. The monoisotopic (exact) mass is 222 g/mol. The minimum absolute atomic E-state index is 0.223. The molecule has 0 radical (unpaired) electrons. The Morgan fingerprint density at radius 2 is 1.69 bits per heavy atom. The molecule has 2 aromatic heterocycles. The summed E-state index contributed by atoms with van der Waals surface area (Å²) in [6.07, 6.45) is 1.28. The van der Waals surface area contributed by atoms with Crippen LogP contribution in [0.15, 0.2) is 10.9 Å². The second-order valence-electron chi connectivity index (χ2n) is 2.67. The number of hydrogen-bond acceptors (Lipinski definition) is 7. The highest BCUT2D eigenvalue weighted by atomic mass is 16.5. The van der Waals surface area contributed by atoms with Gasteiger partial charge in [-0.1, -0.05) is 19.0 Å². The van der Waals surface area contributed by atoms with Gasteiger partial charge in [0.25, 0.3) is 5.89 Å². The highest BCUT2D eigenvalue weighted by Crippen LogP contribution is 2.26. The van der Waals surface area contributed by atoms with Crippen molar-refractivity contribution in [2.45, 2.75) is 20.8 Å². The van der Waals surface area contributed by atoms with Gasteiger partial charge in [0.2, 0.25) is 0 Å². The Kier molecular flexibility index (Phi) is 3.76. The number of rotatable bonds is 1. The van der Waals surface area contributed by atoms with Crippen LogP contribution >= 0.6 is 0 Å². The Morgan fingerprint density at radius 3 is 2.12 bits per heavy atom. The molecule has 0 amide bonds. The van der Waals surface area contributed by atoms with Crippen molar-refractivity contribution in [1.29, 1.82) is 0 Å². The van der Waals surface area contributed by atoms with Crippen molar-refractivity contribution < 1.29 is 4.52 Å². The molecule has 2 heterocycles. The van der Waals surface area contributed by atoms with Crippen molar-refractivity contribution in [3.8, 4) is 11.5 Å². The lowest BCUT2D eigenvalue weighted by Gasteiger charge is -2.00. The Balaban J connectivity index is 0.000000606. The Labute approximate surface area is 92.9 Å². The third-order valence-corrected chi connectivity index (χ3v) is 1.65. The molecule has 0 aliphatic carbocycles. The quantitative estimate of drug-likeness (QED) is 0.739. The number of anilines is 2. The summed E-state index contributed by atoms with van der Waals surface area (Å²) in [4.78, 5) is 11.6. The normalized spacial score (nSPS) is 9.44. The van der Waals surface area contributed by atoms with Gasteiger partial charge in [0.1, 0.15) is 23.5 Å². The SMILES string of the molecule is CC.Cc1noc(-c2c(N)ncnc2N)n1. The van der Waals surface area contributed by atoms with Gasteiger partial charge in [0, 0.05) is 0 Å². The van der Waals surface area contributed by atoms with Gasteiger partial charge in [0.05, 0.1) is 0 Å². The molecule has 0 atom stereocenters. The van der Waals surface area contributed by atoms with E-state index in [1.165, 1.54) is 6.33 Å². The first kappa shape index (κ1) is 11.9. The lowest BCUT2D eigenvalue weighted by Crippen LogP contribution is -2.01. The Bertz CT molecular complexity index is 447. The maximum Gasteiger partial charge on any atom is 0.265 e. The van der Waals surface area contributed by atoms with Crippen molar-refractivity contribution >= 4 is 11.6 Å². The van der Waals surface area contributed by atoms with Crippen LogP contribution in [0.3, 0.4) is 0 Å². The van der Waals surface area contributed by atoms with E-state index in [2.05, 4.69) is 20.1 Å². The molecular formula is C9H14N6O. The van der Waals surface area contributed by atoms with Gasteiger partial charge in [0.15, 0.2) is 5.82 Å². The fourth-order valence-electron chi connectivity index (χ4n) is 1.03. The van der Waals surface area contributed by atoms with E-state index >= 15 is 0 Å². The smallest absolute Gasteiger partial charge is 0.265 e. The molecular weight excluding hydrogens is 208 g/mol. The first-order valence-electron chi connectivity index (χ1n) is 4.85. The van der Waals surface area contributed by atoms with Gasteiger partial charge >= 0.3 is 0 Å². The average Bonchev–Trinajstić information content (AvgIpc) is 2.68. The van der Waals surface area contributed by atoms with Gasteiger partial charge in [-0.05, 0) is 6.92 Å². The summed E-state index contributed by atoms with van der Waals surface area (Å²) in [6.45, 7) is 5.70. The summed E-state index contributed by atoms with van der Waals surface area (Å²) < 4.78 is 4.91. The molecule has 7 nitrogen and oxygen atoms in total. The summed E-state index contributed by atoms with van der Waals surface area (Å²) in [6, 6.07) is 0. The maximum atomic E-state index is 5.60. The highest BCUT2D eigenvalue weighted by molar-refractivity contribution is 5.76. The van der Waals surface area contributed by atoms with Gasteiger partial charge < -0.3 is 16.0 Å². The topological polar surface area (TPSA) is 117 Å². The molecule has 86 valence electrons. The Hall–Kier alpha value is -2.18. The minimum Gasteiger partial charge on any atom is -0.383 e. The van der Waals surface area contributed by atoms with Gasteiger partial charge in [-0.2, -0.15) is 4.98 Å². The third kappa shape index (κ3) is 2.25. The zero-order valence-corrected chi connectivity index (χ0v) is 9.43. The maximum absolute atomic E-state index is 5.60. The zero-order valence-electron chi connectivity index (χ0n) is 9.43. The molecule has 2 rings (SSSR count). The number of aromatic nitrogens is 4. The number of aryl methyl sites for hydroxylation is 1. The summed E-state index contributed by atoms with van der Waals surface area (Å²) in [7, 11) is 0. The van der Waals surface area contributed by atoms with Crippen LogP contribution in [0.2, 0.25) is 0 Å². The van der Waals surface area contributed by atoms with Crippen LogP contribution < -0.4 is 11.5 Å². The highest BCUT2D eigenvalue weighted by Gasteiger charge is 2.15. The predicted octanol–water partition coefficient (Wildman–Crippen LogP) is 1.03. The molecule has 0 unspecified atom stereocenters. The van der Waals surface area contributed by atoms with E-state index in [0.29, 0.717) is 11.4 Å². The van der Waals surface area contributed by atoms with E-state index in [4.69, 9.17) is 16.0 Å². The van der Waals surface area contributed by atoms with Crippen molar-refractivity contribution in [2.75, 3.05) is 11.5 Å². The molecule has 0 aromatic carbocycles. The predicted molar refractivity (Wildman–Crippen MR) is 60.2 cm³/mol. The van der Waals surface area contributed by atoms with E-state index in [9.17, 15) is 0 Å². The molecule has 0 saturated carbocycles. The molecule has 0 spiro atoms. The van der Waals surface area contributed by atoms with Gasteiger partial charge in [-0.3, -0.25) is 0 Å². The van der Waals surface area contributed by atoms with E-state index in [1.54, 1.807) is 6.92 Å². The van der Waals surface area contributed by atoms with Crippen LogP contribution in [0.25, 0.3) is 11.5 Å². The zero-order chi connectivity index (χ0) is 12.1. The largest absolute Gasteiger partial charge is 0.383 e. The van der Waals surface area contributed by atoms with Crippen molar-refractivity contribution in [1.82, 2.24) is 20.1 Å². The molecule has 4 N–H and O–H groups in total. The van der Waals surface area contributed by atoms with E-state index in [0.717, 1.165) is 0 Å². The van der Waals surface area contributed by atoms with Crippen molar-refractivity contribution in [3.63, 3.8) is 0 Å². The van der Waals surface area contributed by atoms with Crippen LogP contribution in [0.4, 0.5) is 11.6 Å². The lowest BCUT2D eigenvalue weighted by atomic mass is 10.3.